The molecule has 1 aromatic heterocycles. The van der Waals surface area contributed by atoms with E-state index in [2.05, 4.69) is 15.3 Å². The zero-order chi connectivity index (χ0) is 16.3. The summed E-state index contributed by atoms with van der Waals surface area (Å²) in [5.41, 5.74) is -1.79. The minimum Gasteiger partial charge on any atom is -0.290 e. The van der Waals surface area contributed by atoms with Gasteiger partial charge in [-0.25, -0.2) is 9.97 Å². The molecule has 2 rings (SSSR count). The number of nitro benzene ring substituents is 2. The molecule has 0 atom stereocenters. The van der Waals surface area contributed by atoms with Gasteiger partial charge in [-0.1, -0.05) is 11.6 Å². The van der Waals surface area contributed by atoms with Crippen LogP contribution in [0.1, 0.15) is 10.4 Å². The number of anilines is 1. The summed E-state index contributed by atoms with van der Waals surface area (Å²) in [7, 11) is 0. The number of nitrogens with one attached hydrogen (secondary N) is 1. The highest BCUT2D eigenvalue weighted by molar-refractivity contribution is 6.36. The number of nitrogens with zero attached hydrogens (tertiary/aromatic N) is 4. The number of nitro groups is 2. The minimum atomic E-state index is -0.912. The molecule has 0 bridgehead atoms. The first kappa shape index (κ1) is 15.3. The van der Waals surface area contributed by atoms with Gasteiger partial charge in [0, 0.05) is 18.5 Å². The number of benzene rings is 1. The molecule has 0 aliphatic rings. The molecule has 112 valence electrons. The zero-order valence-corrected chi connectivity index (χ0v) is 11.4. The lowest BCUT2D eigenvalue weighted by Crippen LogP contribution is -2.15. The van der Waals surface area contributed by atoms with E-state index in [1.807, 2.05) is 0 Å². The van der Waals surface area contributed by atoms with Crippen molar-refractivity contribution in [3.05, 3.63) is 61.4 Å². The van der Waals surface area contributed by atoms with Crippen molar-refractivity contribution >= 4 is 34.8 Å². The SMILES string of the molecule is O=C(Nc1ncccn1)c1cc([N+](=O)[O-])cc([N+](=O)[O-])c1Cl. The van der Waals surface area contributed by atoms with Crippen LogP contribution in [-0.2, 0) is 0 Å². The van der Waals surface area contributed by atoms with Crippen LogP contribution in [0.15, 0.2) is 30.6 Å². The average Bonchev–Trinajstić information content (AvgIpc) is 2.47. The van der Waals surface area contributed by atoms with E-state index in [0.29, 0.717) is 6.07 Å². The van der Waals surface area contributed by atoms with Crippen molar-refractivity contribution in [3.8, 4) is 0 Å². The molecule has 0 aliphatic carbocycles. The lowest BCUT2D eigenvalue weighted by molar-refractivity contribution is -0.394. The second-order valence-corrected chi connectivity index (χ2v) is 4.25. The summed E-state index contributed by atoms with van der Waals surface area (Å²) in [6, 6.07) is 3.03. The Morgan fingerprint density at radius 1 is 1.14 bits per heavy atom. The molecule has 1 heterocycles. The van der Waals surface area contributed by atoms with E-state index in [1.54, 1.807) is 0 Å². The van der Waals surface area contributed by atoms with E-state index >= 15 is 0 Å². The van der Waals surface area contributed by atoms with Crippen LogP contribution in [0.25, 0.3) is 0 Å². The number of hydrogen-bond acceptors (Lipinski definition) is 7. The summed E-state index contributed by atoms with van der Waals surface area (Å²) < 4.78 is 0. The van der Waals surface area contributed by atoms with Gasteiger partial charge >= 0.3 is 0 Å². The second kappa shape index (κ2) is 6.10. The van der Waals surface area contributed by atoms with Crippen molar-refractivity contribution in [3.63, 3.8) is 0 Å². The van der Waals surface area contributed by atoms with Crippen LogP contribution in [0.4, 0.5) is 17.3 Å². The van der Waals surface area contributed by atoms with Crippen molar-refractivity contribution in [2.75, 3.05) is 5.32 Å². The first-order valence-corrected chi connectivity index (χ1v) is 5.98. The summed E-state index contributed by atoms with van der Waals surface area (Å²) in [4.78, 5) is 39.4. The molecule has 1 amide bonds. The molecule has 2 aromatic rings. The average molecular weight is 324 g/mol. The quantitative estimate of drug-likeness (QED) is 0.671. The maximum Gasteiger partial charge on any atom is 0.295 e. The number of rotatable bonds is 4. The fourth-order valence-corrected chi connectivity index (χ4v) is 1.79. The monoisotopic (exact) mass is 323 g/mol. The molecule has 0 spiro atoms. The van der Waals surface area contributed by atoms with E-state index in [-0.39, 0.29) is 5.95 Å². The maximum atomic E-state index is 12.1. The van der Waals surface area contributed by atoms with Gasteiger partial charge in [0.05, 0.1) is 21.5 Å². The van der Waals surface area contributed by atoms with Gasteiger partial charge in [-0.15, -0.1) is 0 Å². The Labute approximate surface area is 127 Å². The summed E-state index contributed by atoms with van der Waals surface area (Å²) in [5.74, 6) is -0.972. The molecule has 1 aromatic carbocycles. The topological polar surface area (TPSA) is 141 Å². The molecule has 0 aliphatic heterocycles. The standard InChI is InChI=1S/C11H6ClN5O5/c12-9-7(10(18)15-11-13-2-1-3-14-11)4-6(16(19)20)5-8(9)17(21)22/h1-5H,(H,13,14,15,18). The largest absolute Gasteiger partial charge is 0.295 e. The third-order valence-corrected chi connectivity index (χ3v) is 2.88. The van der Waals surface area contributed by atoms with Crippen molar-refractivity contribution in [2.45, 2.75) is 0 Å². The van der Waals surface area contributed by atoms with Crippen molar-refractivity contribution in [1.82, 2.24) is 9.97 Å². The highest BCUT2D eigenvalue weighted by atomic mass is 35.5. The molecule has 0 fully saturated rings. The summed E-state index contributed by atoms with van der Waals surface area (Å²) in [6.07, 6.45) is 2.72. The van der Waals surface area contributed by atoms with Gasteiger partial charge < -0.3 is 0 Å². The van der Waals surface area contributed by atoms with Gasteiger partial charge in [-0.2, -0.15) is 0 Å². The fraction of sp³-hybridized carbons (Fsp3) is 0. The number of aromatic nitrogens is 2. The molecule has 22 heavy (non-hydrogen) atoms. The van der Waals surface area contributed by atoms with Crippen LogP contribution >= 0.6 is 11.6 Å². The maximum absolute atomic E-state index is 12.1. The molecule has 0 saturated heterocycles. The molecule has 1 N–H and O–H groups in total. The third-order valence-electron chi connectivity index (χ3n) is 2.48. The van der Waals surface area contributed by atoms with Crippen LogP contribution < -0.4 is 5.32 Å². The molecular weight excluding hydrogens is 318 g/mol. The molecule has 10 nitrogen and oxygen atoms in total. The van der Waals surface area contributed by atoms with Gasteiger partial charge in [0.15, 0.2) is 0 Å². The van der Waals surface area contributed by atoms with E-state index < -0.39 is 37.7 Å². The first-order valence-electron chi connectivity index (χ1n) is 5.61. The molecule has 11 heteroatoms. The molecular formula is C11H6ClN5O5. The number of hydrogen-bond donors (Lipinski definition) is 1. The fourth-order valence-electron chi connectivity index (χ4n) is 1.53. The predicted octanol–water partition coefficient (Wildman–Crippen LogP) is 2.20. The van der Waals surface area contributed by atoms with E-state index in [9.17, 15) is 25.0 Å². The lowest BCUT2D eigenvalue weighted by Gasteiger charge is -2.05. The van der Waals surface area contributed by atoms with Crippen LogP contribution in [-0.4, -0.2) is 25.7 Å². The number of carbonyl (C=O) groups is 1. The summed E-state index contributed by atoms with van der Waals surface area (Å²) in [6.45, 7) is 0. The van der Waals surface area contributed by atoms with E-state index in [0.717, 1.165) is 6.07 Å². The predicted molar refractivity (Wildman–Crippen MR) is 74.7 cm³/mol. The van der Waals surface area contributed by atoms with Gasteiger partial charge in [-0.05, 0) is 6.07 Å². The Bertz CT molecular complexity index is 767. The van der Waals surface area contributed by atoms with Crippen LogP contribution in [0.3, 0.4) is 0 Å². The first-order chi connectivity index (χ1) is 10.4. The summed E-state index contributed by atoms with van der Waals surface area (Å²) in [5, 5.41) is 23.4. The van der Waals surface area contributed by atoms with E-state index in [4.69, 9.17) is 11.6 Å². The Balaban J connectivity index is 2.47. The number of carbonyl (C=O) groups excluding carboxylic acids is 1. The smallest absolute Gasteiger partial charge is 0.290 e. The Hall–Kier alpha value is -3.14. The molecule has 0 saturated carbocycles. The van der Waals surface area contributed by atoms with Crippen molar-refractivity contribution in [2.24, 2.45) is 0 Å². The Kier molecular flexibility index (Phi) is 4.23. The van der Waals surface area contributed by atoms with Crippen LogP contribution in [0, 0.1) is 20.2 Å². The normalized spacial score (nSPS) is 10.0. The van der Waals surface area contributed by atoms with Crippen molar-refractivity contribution in [1.29, 1.82) is 0 Å². The van der Waals surface area contributed by atoms with Crippen LogP contribution in [0.5, 0.6) is 0 Å². The molecule has 0 radical (unpaired) electrons. The van der Waals surface area contributed by atoms with Gasteiger partial charge in [-0.3, -0.25) is 30.3 Å². The molecule has 0 unspecified atom stereocenters. The highest BCUT2D eigenvalue weighted by Gasteiger charge is 2.26. The number of non-ortho nitro benzene ring substituents is 1. The lowest BCUT2D eigenvalue weighted by atomic mass is 10.1. The third kappa shape index (κ3) is 3.12. The van der Waals surface area contributed by atoms with Gasteiger partial charge in [0.25, 0.3) is 17.3 Å². The zero-order valence-electron chi connectivity index (χ0n) is 10.6. The number of halogens is 1. The Morgan fingerprint density at radius 3 is 2.32 bits per heavy atom. The van der Waals surface area contributed by atoms with Gasteiger partial charge in [0.2, 0.25) is 5.95 Å². The summed E-state index contributed by atoms with van der Waals surface area (Å²) >= 11 is 5.78. The van der Waals surface area contributed by atoms with E-state index in [1.165, 1.54) is 18.5 Å². The minimum absolute atomic E-state index is 0.0716. The van der Waals surface area contributed by atoms with Gasteiger partial charge in [0.1, 0.15) is 5.02 Å². The van der Waals surface area contributed by atoms with Crippen molar-refractivity contribution < 1.29 is 14.6 Å². The number of amides is 1. The highest BCUT2D eigenvalue weighted by Crippen LogP contribution is 2.33. The van der Waals surface area contributed by atoms with Crippen LogP contribution in [0.2, 0.25) is 5.02 Å². The second-order valence-electron chi connectivity index (χ2n) is 3.87. The Morgan fingerprint density at radius 2 is 1.77 bits per heavy atom.